The third-order valence-corrected chi connectivity index (χ3v) is 3.30. The van der Waals surface area contributed by atoms with Crippen molar-refractivity contribution in [2.24, 2.45) is 0 Å². The summed E-state index contributed by atoms with van der Waals surface area (Å²) in [5.74, 6) is 0.209. The Bertz CT molecular complexity index is 654. The molecule has 0 amide bonds. The Balaban J connectivity index is 2.77. The second-order valence-corrected chi connectivity index (χ2v) is 4.64. The van der Waals surface area contributed by atoms with Crippen LogP contribution in [0.25, 0.3) is 11.1 Å². The number of halogens is 4. The normalized spacial score (nSPS) is 11.3. The number of hydrogen-bond acceptors (Lipinski definition) is 2. The van der Waals surface area contributed by atoms with Crippen LogP contribution in [-0.4, -0.2) is 14.2 Å². The molecule has 0 aliphatic heterocycles. The van der Waals surface area contributed by atoms with Gasteiger partial charge in [-0.3, -0.25) is 0 Å². The molecule has 0 heterocycles. The number of alkyl halides is 3. The summed E-state index contributed by atoms with van der Waals surface area (Å²) in [6, 6.07) is 8.52. The van der Waals surface area contributed by atoms with Gasteiger partial charge in [0, 0.05) is 16.1 Å². The summed E-state index contributed by atoms with van der Waals surface area (Å²) in [4.78, 5) is 0. The maximum Gasteiger partial charge on any atom is 0.416 e. The molecule has 2 aromatic carbocycles. The van der Waals surface area contributed by atoms with Gasteiger partial charge < -0.3 is 9.47 Å². The molecule has 0 saturated heterocycles. The van der Waals surface area contributed by atoms with Crippen LogP contribution in [0.15, 0.2) is 36.4 Å². The average Bonchev–Trinajstić information content (AvgIpc) is 2.45. The summed E-state index contributed by atoms with van der Waals surface area (Å²) in [6.45, 7) is 0. The Morgan fingerprint density at radius 1 is 0.952 bits per heavy atom. The minimum atomic E-state index is -4.49. The molecular weight excluding hydrogens is 305 g/mol. The fourth-order valence-corrected chi connectivity index (χ4v) is 2.25. The van der Waals surface area contributed by atoms with Crippen LogP contribution in [0.4, 0.5) is 13.2 Å². The van der Waals surface area contributed by atoms with Gasteiger partial charge in [0.1, 0.15) is 0 Å². The molecule has 0 N–H and O–H groups in total. The summed E-state index contributed by atoms with van der Waals surface area (Å²) in [5.41, 5.74) is -0.148. The third-order valence-electron chi connectivity index (χ3n) is 2.97. The lowest BCUT2D eigenvalue weighted by Crippen LogP contribution is -2.06. The summed E-state index contributed by atoms with van der Waals surface area (Å²) in [5, 5.41) is 0.331. The van der Waals surface area contributed by atoms with Crippen LogP contribution < -0.4 is 9.47 Å². The molecule has 0 spiro atoms. The Kier molecular flexibility index (Phi) is 4.32. The predicted molar refractivity (Wildman–Crippen MR) is 75.0 cm³/mol. The fourth-order valence-electron chi connectivity index (χ4n) is 2.01. The highest BCUT2D eigenvalue weighted by Gasteiger charge is 2.33. The minimum Gasteiger partial charge on any atom is -0.493 e. The van der Waals surface area contributed by atoms with Gasteiger partial charge in [-0.05, 0) is 18.2 Å². The van der Waals surface area contributed by atoms with Crippen LogP contribution in [0, 0.1) is 0 Å². The highest BCUT2D eigenvalue weighted by molar-refractivity contribution is 6.33. The molecule has 2 nitrogen and oxygen atoms in total. The molecule has 6 heteroatoms. The van der Waals surface area contributed by atoms with E-state index in [9.17, 15) is 13.2 Å². The van der Waals surface area contributed by atoms with Crippen molar-refractivity contribution in [1.82, 2.24) is 0 Å². The topological polar surface area (TPSA) is 18.5 Å². The number of methoxy groups -OCH3 is 2. The molecule has 21 heavy (non-hydrogen) atoms. The van der Waals surface area contributed by atoms with Gasteiger partial charge in [-0.25, -0.2) is 0 Å². The van der Waals surface area contributed by atoms with Gasteiger partial charge in [0.25, 0.3) is 0 Å². The standard InChI is InChI=1S/C15H12ClF3O2/c1-20-13-8-9(15(17,18)19)7-11(14(13)21-2)10-5-3-4-6-12(10)16/h3-8H,1-2H3. The zero-order chi connectivity index (χ0) is 15.6. The van der Waals surface area contributed by atoms with Crippen molar-refractivity contribution in [1.29, 1.82) is 0 Å². The largest absolute Gasteiger partial charge is 0.493 e. The minimum absolute atomic E-state index is 0.00208. The quantitative estimate of drug-likeness (QED) is 0.789. The molecule has 0 aromatic heterocycles. The third kappa shape index (κ3) is 3.08. The Morgan fingerprint density at radius 2 is 1.62 bits per heavy atom. The summed E-state index contributed by atoms with van der Waals surface area (Å²) >= 11 is 6.07. The lowest BCUT2D eigenvalue weighted by atomic mass is 10.0. The number of hydrogen-bond donors (Lipinski definition) is 0. The predicted octanol–water partition coefficient (Wildman–Crippen LogP) is 5.04. The van der Waals surface area contributed by atoms with Crippen LogP contribution in [0.2, 0.25) is 5.02 Å². The molecule has 112 valence electrons. The van der Waals surface area contributed by atoms with Crippen LogP contribution in [0.3, 0.4) is 0 Å². The molecule has 0 bridgehead atoms. The van der Waals surface area contributed by atoms with Crippen molar-refractivity contribution in [3.8, 4) is 22.6 Å². The maximum atomic E-state index is 13.0. The first-order chi connectivity index (χ1) is 9.88. The first kappa shape index (κ1) is 15.5. The zero-order valence-corrected chi connectivity index (χ0v) is 12.0. The van der Waals surface area contributed by atoms with E-state index in [2.05, 4.69) is 0 Å². The van der Waals surface area contributed by atoms with Crippen molar-refractivity contribution in [2.45, 2.75) is 6.18 Å². The van der Waals surface area contributed by atoms with Crippen molar-refractivity contribution in [3.63, 3.8) is 0 Å². The van der Waals surface area contributed by atoms with Crippen molar-refractivity contribution < 1.29 is 22.6 Å². The highest BCUT2D eigenvalue weighted by Crippen LogP contribution is 2.44. The summed E-state index contributed by atoms with van der Waals surface area (Å²) < 4.78 is 49.2. The maximum absolute atomic E-state index is 13.0. The second kappa shape index (κ2) is 5.85. The van der Waals surface area contributed by atoms with Gasteiger partial charge in [-0.15, -0.1) is 0 Å². The zero-order valence-electron chi connectivity index (χ0n) is 11.3. The first-order valence-electron chi connectivity index (χ1n) is 5.96. The van der Waals surface area contributed by atoms with E-state index < -0.39 is 11.7 Å². The molecule has 0 atom stereocenters. The Morgan fingerprint density at radius 3 is 2.14 bits per heavy atom. The first-order valence-corrected chi connectivity index (χ1v) is 6.34. The fraction of sp³-hybridized carbons (Fsp3) is 0.200. The number of ether oxygens (including phenoxy) is 2. The molecule has 0 unspecified atom stereocenters. The van der Waals surface area contributed by atoms with Crippen LogP contribution in [0.5, 0.6) is 11.5 Å². The van der Waals surface area contributed by atoms with E-state index >= 15 is 0 Å². The van der Waals surface area contributed by atoms with E-state index in [1.54, 1.807) is 24.3 Å². The highest BCUT2D eigenvalue weighted by atomic mass is 35.5. The molecule has 0 aliphatic rings. The molecule has 0 fully saturated rings. The van der Waals surface area contributed by atoms with Crippen LogP contribution in [0.1, 0.15) is 5.56 Å². The van der Waals surface area contributed by atoms with Crippen LogP contribution >= 0.6 is 11.6 Å². The van der Waals surface area contributed by atoms with Gasteiger partial charge in [0.2, 0.25) is 0 Å². The molecule has 2 rings (SSSR count). The van der Waals surface area contributed by atoms with E-state index in [1.165, 1.54) is 14.2 Å². The lowest BCUT2D eigenvalue weighted by Gasteiger charge is -2.17. The van der Waals surface area contributed by atoms with E-state index in [1.807, 2.05) is 0 Å². The second-order valence-electron chi connectivity index (χ2n) is 4.24. The monoisotopic (exact) mass is 316 g/mol. The van der Waals surface area contributed by atoms with Gasteiger partial charge in [-0.1, -0.05) is 29.8 Å². The molecule has 0 aliphatic carbocycles. The number of rotatable bonds is 3. The van der Waals surface area contributed by atoms with Gasteiger partial charge in [-0.2, -0.15) is 13.2 Å². The Labute approximate surface area is 125 Å². The van der Waals surface area contributed by atoms with E-state index in [4.69, 9.17) is 21.1 Å². The van der Waals surface area contributed by atoms with Crippen molar-refractivity contribution >= 4 is 11.6 Å². The van der Waals surface area contributed by atoms with E-state index in [0.29, 0.717) is 10.6 Å². The van der Waals surface area contributed by atoms with Gasteiger partial charge >= 0.3 is 6.18 Å². The molecule has 2 aromatic rings. The smallest absolute Gasteiger partial charge is 0.416 e. The van der Waals surface area contributed by atoms with Crippen LogP contribution in [-0.2, 0) is 6.18 Å². The molecule has 0 radical (unpaired) electrons. The van der Waals surface area contributed by atoms with Crippen molar-refractivity contribution in [3.05, 3.63) is 47.0 Å². The van der Waals surface area contributed by atoms with E-state index in [-0.39, 0.29) is 17.1 Å². The SMILES string of the molecule is COc1cc(C(F)(F)F)cc(-c2ccccc2Cl)c1OC. The summed E-state index contributed by atoms with van der Waals surface area (Å²) in [6.07, 6.45) is -4.49. The van der Waals surface area contributed by atoms with Gasteiger partial charge in [0.15, 0.2) is 11.5 Å². The molecule has 0 saturated carbocycles. The van der Waals surface area contributed by atoms with Gasteiger partial charge in [0.05, 0.1) is 19.8 Å². The summed E-state index contributed by atoms with van der Waals surface area (Å²) in [7, 11) is 2.65. The lowest BCUT2D eigenvalue weighted by molar-refractivity contribution is -0.137. The number of benzene rings is 2. The van der Waals surface area contributed by atoms with Crippen molar-refractivity contribution in [2.75, 3.05) is 14.2 Å². The Hall–Kier alpha value is -1.88. The molecular formula is C15H12ClF3O2. The average molecular weight is 317 g/mol. The van der Waals surface area contributed by atoms with E-state index in [0.717, 1.165) is 12.1 Å².